The van der Waals surface area contributed by atoms with E-state index in [4.69, 9.17) is 10.2 Å². The first-order valence-corrected chi connectivity index (χ1v) is 18.0. The molecular weight excluding hydrogens is 529 g/mol. The predicted molar refractivity (Wildman–Crippen MR) is 184 cm³/mol. The third-order valence-corrected chi connectivity index (χ3v) is 10.8. The average molecular weight is 595 g/mol. The van der Waals surface area contributed by atoms with Crippen LogP contribution in [0.5, 0.6) is 0 Å². The van der Waals surface area contributed by atoms with E-state index in [1.54, 1.807) is 0 Å². The molecule has 0 amide bonds. The van der Waals surface area contributed by atoms with Gasteiger partial charge in [0, 0.05) is 11.5 Å². The molecular formula is C36H66O2S2. The van der Waals surface area contributed by atoms with Crippen molar-refractivity contribution < 1.29 is 10.2 Å². The van der Waals surface area contributed by atoms with Gasteiger partial charge in [0.15, 0.2) is 0 Å². The molecule has 2 atom stereocenters. The van der Waals surface area contributed by atoms with E-state index in [9.17, 15) is 0 Å². The number of aliphatic hydroxyl groups excluding tert-OH is 2. The Morgan fingerprint density at radius 2 is 0.900 bits per heavy atom. The standard InChI is InChI=1S/C36H66O2S2/c1-27(23-39-16-14-37)21-33(6,7)25-35(10,11)30-18-29(32(3,4)5)19-31(20-30)36(12,13)26-34(8,9)22-28(2)24-40-17-15-38/h18-20,27-28,37-38H,14-17,21-26H2,1-13H3. The number of hydrogen-bond donors (Lipinski definition) is 2. The van der Waals surface area contributed by atoms with Gasteiger partial charge in [0.1, 0.15) is 0 Å². The van der Waals surface area contributed by atoms with Crippen LogP contribution in [0.1, 0.15) is 132 Å². The van der Waals surface area contributed by atoms with Gasteiger partial charge in [-0.2, -0.15) is 23.5 Å². The molecule has 2 nitrogen and oxygen atoms in total. The van der Waals surface area contributed by atoms with Crippen LogP contribution in [0.4, 0.5) is 0 Å². The van der Waals surface area contributed by atoms with Gasteiger partial charge in [0.2, 0.25) is 0 Å². The summed E-state index contributed by atoms with van der Waals surface area (Å²) in [7, 11) is 0. The molecule has 0 aliphatic rings. The highest BCUT2D eigenvalue weighted by atomic mass is 32.2. The van der Waals surface area contributed by atoms with Crippen molar-refractivity contribution in [3.63, 3.8) is 0 Å². The fraction of sp³-hybridized carbons (Fsp3) is 0.833. The first-order chi connectivity index (χ1) is 18.1. The lowest BCUT2D eigenvalue weighted by Crippen LogP contribution is -2.31. The van der Waals surface area contributed by atoms with Crippen LogP contribution in [-0.4, -0.2) is 46.4 Å². The Morgan fingerprint density at radius 3 is 1.20 bits per heavy atom. The van der Waals surface area contributed by atoms with E-state index >= 15 is 0 Å². The van der Waals surface area contributed by atoms with Crippen molar-refractivity contribution in [2.24, 2.45) is 22.7 Å². The van der Waals surface area contributed by atoms with Crippen LogP contribution in [0.25, 0.3) is 0 Å². The lowest BCUT2D eigenvalue weighted by Gasteiger charge is -2.40. The zero-order valence-electron chi connectivity index (χ0n) is 28.7. The maximum atomic E-state index is 9.16. The first-order valence-electron chi connectivity index (χ1n) is 15.7. The molecule has 0 aliphatic heterocycles. The second-order valence-electron chi connectivity index (χ2n) is 16.7. The molecule has 0 aromatic heterocycles. The second kappa shape index (κ2) is 15.5. The highest BCUT2D eigenvalue weighted by Crippen LogP contribution is 2.45. The number of hydrogen-bond acceptors (Lipinski definition) is 4. The highest BCUT2D eigenvalue weighted by Gasteiger charge is 2.36. The molecule has 2 unspecified atom stereocenters. The van der Waals surface area contributed by atoms with Gasteiger partial charge in [-0.1, -0.05) is 108 Å². The molecule has 0 bridgehead atoms. The maximum absolute atomic E-state index is 9.16. The zero-order chi connectivity index (χ0) is 31.0. The third kappa shape index (κ3) is 13.4. The van der Waals surface area contributed by atoms with E-state index in [1.165, 1.54) is 29.5 Å². The summed E-state index contributed by atoms with van der Waals surface area (Å²) >= 11 is 3.75. The minimum atomic E-state index is 0.0709. The molecule has 40 heavy (non-hydrogen) atoms. The smallest absolute Gasteiger partial charge is 0.0521 e. The molecule has 234 valence electrons. The quantitative estimate of drug-likeness (QED) is 0.166. The number of thioether (sulfide) groups is 2. The topological polar surface area (TPSA) is 40.5 Å². The molecule has 1 aromatic carbocycles. The lowest BCUT2D eigenvalue weighted by atomic mass is 9.65. The Kier molecular flexibility index (Phi) is 14.7. The minimum Gasteiger partial charge on any atom is -0.396 e. The summed E-state index contributed by atoms with van der Waals surface area (Å²) in [6.07, 6.45) is 4.71. The molecule has 0 radical (unpaired) electrons. The van der Waals surface area contributed by atoms with Crippen molar-refractivity contribution in [2.75, 3.05) is 36.2 Å². The highest BCUT2D eigenvalue weighted by molar-refractivity contribution is 7.99. The fourth-order valence-electron chi connectivity index (χ4n) is 7.29. The van der Waals surface area contributed by atoms with Gasteiger partial charge >= 0.3 is 0 Å². The second-order valence-corrected chi connectivity index (χ2v) is 19.0. The minimum absolute atomic E-state index is 0.0709. The first kappa shape index (κ1) is 37.9. The molecule has 0 aliphatic carbocycles. The van der Waals surface area contributed by atoms with Crippen LogP contribution in [0, 0.1) is 22.7 Å². The van der Waals surface area contributed by atoms with E-state index in [-0.39, 0.29) is 40.3 Å². The molecule has 0 saturated heterocycles. The van der Waals surface area contributed by atoms with Crippen molar-refractivity contribution in [1.29, 1.82) is 0 Å². The third-order valence-electron chi connectivity index (χ3n) is 8.28. The molecule has 4 heteroatoms. The van der Waals surface area contributed by atoms with Gasteiger partial charge < -0.3 is 10.2 Å². The van der Waals surface area contributed by atoms with Crippen LogP contribution < -0.4 is 0 Å². The maximum Gasteiger partial charge on any atom is 0.0521 e. The lowest BCUT2D eigenvalue weighted by molar-refractivity contribution is 0.210. The van der Waals surface area contributed by atoms with Gasteiger partial charge in [-0.05, 0) is 92.8 Å². The fourth-order valence-corrected chi connectivity index (χ4v) is 8.92. The summed E-state index contributed by atoms with van der Waals surface area (Å²) in [6, 6.07) is 7.55. The molecule has 0 spiro atoms. The predicted octanol–water partition coefficient (Wildman–Crippen LogP) is 9.88. The Hall–Kier alpha value is -0.160. The van der Waals surface area contributed by atoms with Crippen LogP contribution >= 0.6 is 23.5 Å². The monoisotopic (exact) mass is 594 g/mol. The van der Waals surface area contributed by atoms with Crippen molar-refractivity contribution in [2.45, 2.75) is 132 Å². The van der Waals surface area contributed by atoms with Crippen LogP contribution in [0.2, 0.25) is 0 Å². The van der Waals surface area contributed by atoms with Crippen molar-refractivity contribution in [1.82, 2.24) is 0 Å². The summed E-state index contributed by atoms with van der Waals surface area (Å²) in [5, 5.41) is 18.3. The summed E-state index contributed by atoms with van der Waals surface area (Å²) in [5.41, 5.74) is 5.11. The average Bonchev–Trinajstić information content (AvgIpc) is 2.76. The zero-order valence-corrected chi connectivity index (χ0v) is 30.3. The van der Waals surface area contributed by atoms with Gasteiger partial charge in [-0.3, -0.25) is 0 Å². The molecule has 1 aromatic rings. The van der Waals surface area contributed by atoms with Crippen LogP contribution in [0.3, 0.4) is 0 Å². The normalized spacial score (nSPS) is 15.4. The van der Waals surface area contributed by atoms with Gasteiger partial charge in [-0.25, -0.2) is 0 Å². The molecule has 0 heterocycles. The van der Waals surface area contributed by atoms with Gasteiger partial charge in [0.25, 0.3) is 0 Å². The molecule has 1 rings (SSSR count). The van der Waals surface area contributed by atoms with E-state index in [0.29, 0.717) is 11.8 Å². The molecule has 2 N–H and O–H groups in total. The Balaban J connectivity index is 3.27. The van der Waals surface area contributed by atoms with E-state index in [0.717, 1.165) is 35.9 Å². The van der Waals surface area contributed by atoms with Gasteiger partial charge in [-0.15, -0.1) is 0 Å². The number of aliphatic hydroxyl groups is 2. The summed E-state index contributed by atoms with van der Waals surface area (Å²) < 4.78 is 0. The van der Waals surface area contributed by atoms with E-state index in [2.05, 4.69) is 108 Å². The summed E-state index contributed by atoms with van der Waals surface area (Å²) in [4.78, 5) is 0. The van der Waals surface area contributed by atoms with Crippen LogP contribution in [0.15, 0.2) is 18.2 Å². The SMILES string of the molecule is CC(CSCCO)CC(C)(C)CC(C)(C)c1cc(C(C)(C)C)cc(C(C)(C)CC(C)(C)CC(C)CSCCO)c1. The number of benzene rings is 1. The summed E-state index contributed by atoms with van der Waals surface area (Å²) in [5.74, 6) is 5.21. The van der Waals surface area contributed by atoms with Crippen molar-refractivity contribution in [3.8, 4) is 0 Å². The van der Waals surface area contributed by atoms with Crippen molar-refractivity contribution >= 4 is 23.5 Å². The van der Waals surface area contributed by atoms with Crippen LogP contribution in [-0.2, 0) is 16.2 Å². The van der Waals surface area contributed by atoms with Crippen molar-refractivity contribution in [3.05, 3.63) is 34.9 Å². The largest absolute Gasteiger partial charge is 0.396 e. The Bertz CT molecular complexity index is 817. The number of rotatable bonds is 18. The Labute approximate surface area is 258 Å². The summed E-state index contributed by atoms with van der Waals surface area (Å²) in [6.45, 7) is 31.9. The molecule has 0 saturated carbocycles. The van der Waals surface area contributed by atoms with E-state index in [1.807, 2.05) is 23.5 Å². The molecule has 0 fully saturated rings. The Morgan fingerprint density at radius 1 is 0.575 bits per heavy atom. The van der Waals surface area contributed by atoms with E-state index < -0.39 is 0 Å². The van der Waals surface area contributed by atoms with Gasteiger partial charge in [0.05, 0.1) is 13.2 Å².